The summed E-state index contributed by atoms with van der Waals surface area (Å²) in [4.78, 5) is 22.1. The van der Waals surface area contributed by atoms with Gasteiger partial charge in [-0.2, -0.15) is 5.10 Å². The van der Waals surface area contributed by atoms with E-state index in [-0.39, 0.29) is 11.3 Å². The lowest BCUT2D eigenvalue weighted by Crippen LogP contribution is -2.24. The number of rotatable bonds is 3. The summed E-state index contributed by atoms with van der Waals surface area (Å²) < 4.78 is 0. The van der Waals surface area contributed by atoms with Gasteiger partial charge in [0.1, 0.15) is 0 Å². The van der Waals surface area contributed by atoms with Crippen LogP contribution in [0, 0.1) is 16.0 Å². The van der Waals surface area contributed by atoms with E-state index in [1.54, 1.807) is 0 Å². The summed E-state index contributed by atoms with van der Waals surface area (Å²) in [7, 11) is 0. The van der Waals surface area contributed by atoms with E-state index in [0.717, 1.165) is 25.0 Å². The Labute approximate surface area is 117 Å². The zero-order chi connectivity index (χ0) is 14.5. The van der Waals surface area contributed by atoms with Crippen molar-refractivity contribution >= 4 is 17.3 Å². The zero-order valence-electron chi connectivity index (χ0n) is 11.3. The number of benzene rings is 1. The van der Waals surface area contributed by atoms with Crippen LogP contribution in [-0.2, 0) is 0 Å². The summed E-state index contributed by atoms with van der Waals surface area (Å²) in [6.45, 7) is 2.09. The molecule has 0 aromatic heterocycles. The third-order valence-corrected chi connectivity index (χ3v) is 3.51. The summed E-state index contributed by atoms with van der Waals surface area (Å²) in [5.41, 5.74) is 3.63. The minimum atomic E-state index is -0.522. The number of non-ortho nitro benzene ring substituents is 1. The molecule has 0 unspecified atom stereocenters. The molecular weight excluding hydrogens is 258 g/mol. The van der Waals surface area contributed by atoms with E-state index in [4.69, 9.17) is 0 Å². The summed E-state index contributed by atoms with van der Waals surface area (Å²) in [6, 6.07) is 5.63. The highest BCUT2D eigenvalue weighted by molar-refractivity contribution is 5.96. The lowest BCUT2D eigenvalue weighted by atomic mass is 9.89. The molecule has 1 aromatic carbocycles. The van der Waals surface area contributed by atoms with Gasteiger partial charge in [-0.05, 0) is 31.2 Å². The highest BCUT2D eigenvalue weighted by atomic mass is 16.6. The topological polar surface area (TPSA) is 84.6 Å². The lowest BCUT2D eigenvalue weighted by molar-refractivity contribution is -0.384. The van der Waals surface area contributed by atoms with E-state index >= 15 is 0 Å². The Morgan fingerprint density at radius 2 is 2.25 bits per heavy atom. The minimum absolute atomic E-state index is 0.101. The van der Waals surface area contributed by atoms with Gasteiger partial charge in [-0.15, -0.1) is 0 Å². The molecule has 1 amide bonds. The van der Waals surface area contributed by atoms with Crippen LogP contribution in [0.2, 0.25) is 0 Å². The molecule has 0 aliphatic heterocycles. The van der Waals surface area contributed by atoms with Gasteiger partial charge in [0.25, 0.3) is 11.6 Å². The summed E-state index contributed by atoms with van der Waals surface area (Å²) in [6.07, 6.45) is 4.27. The van der Waals surface area contributed by atoms with E-state index in [0.29, 0.717) is 5.92 Å². The van der Waals surface area contributed by atoms with Crippen molar-refractivity contribution in [1.29, 1.82) is 0 Å². The third kappa shape index (κ3) is 3.40. The van der Waals surface area contributed by atoms with E-state index in [1.807, 2.05) is 0 Å². The van der Waals surface area contributed by atoms with Crippen LogP contribution in [0.5, 0.6) is 0 Å². The normalized spacial score (nSPS) is 20.6. The number of nitrogens with one attached hydrogen (secondary N) is 1. The summed E-state index contributed by atoms with van der Waals surface area (Å²) >= 11 is 0. The Kier molecular flexibility index (Phi) is 4.45. The largest absolute Gasteiger partial charge is 0.271 e. The average molecular weight is 275 g/mol. The van der Waals surface area contributed by atoms with Crippen molar-refractivity contribution in [2.45, 2.75) is 32.6 Å². The van der Waals surface area contributed by atoms with Gasteiger partial charge in [0, 0.05) is 23.4 Å². The first-order chi connectivity index (χ1) is 9.58. The number of carbonyl (C=O) groups excluding carboxylic acids is 1. The molecule has 1 aromatic rings. The average Bonchev–Trinajstić information content (AvgIpc) is 2.46. The minimum Gasteiger partial charge on any atom is -0.267 e. The molecule has 2 rings (SSSR count). The maximum Gasteiger partial charge on any atom is 0.271 e. The molecular formula is C14H17N3O3. The molecule has 106 valence electrons. The molecule has 0 spiro atoms. The van der Waals surface area contributed by atoms with Crippen molar-refractivity contribution in [3.8, 4) is 0 Å². The van der Waals surface area contributed by atoms with Gasteiger partial charge >= 0.3 is 0 Å². The lowest BCUT2D eigenvalue weighted by Gasteiger charge is -2.19. The number of hydrogen-bond acceptors (Lipinski definition) is 4. The van der Waals surface area contributed by atoms with Crippen molar-refractivity contribution in [3.05, 3.63) is 39.9 Å². The predicted octanol–water partition coefficient (Wildman–Crippen LogP) is 2.89. The first kappa shape index (κ1) is 14.2. The Hall–Kier alpha value is -2.24. The molecule has 1 aliphatic carbocycles. The van der Waals surface area contributed by atoms with Gasteiger partial charge in [0.15, 0.2) is 0 Å². The fourth-order valence-electron chi connectivity index (χ4n) is 2.28. The predicted molar refractivity (Wildman–Crippen MR) is 75.6 cm³/mol. The van der Waals surface area contributed by atoms with Crippen LogP contribution in [0.4, 0.5) is 5.69 Å². The van der Waals surface area contributed by atoms with Crippen LogP contribution in [0.1, 0.15) is 43.0 Å². The number of hydrazone groups is 1. The number of nitro groups is 1. The number of hydrogen-bond donors (Lipinski definition) is 1. The monoisotopic (exact) mass is 275 g/mol. The molecule has 1 aliphatic rings. The van der Waals surface area contributed by atoms with E-state index < -0.39 is 10.8 Å². The number of amides is 1. The van der Waals surface area contributed by atoms with E-state index in [2.05, 4.69) is 17.5 Å². The van der Waals surface area contributed by atoms with Crippen molar-refractivity contribution in [2.75, 3.05) is 0 Å². The second kappa shape index (κ2) is 6.27. The van der Waals surface area contributed by atoms with Crippen LogP contribution in [-0.4, -0.2) is 16.5 Å². The van der Waals surface area contributed by atoms with Crippen LogP contribution in [0.15, 0.2) is 29.4 Å². The molecule has 1 saturated carbocycles. The molecule has 0 heterocycles. The fourth-order valence-corrected chi connectivity index (χ4v) is 2.28. The highest BCUT2D eigenvalue weighted by Gasteiger charge is 2.17. The molecule has 6 heteroatoms. The second-order valence-corrected chi connectivity index (χ2v) is 5.00. The second-order valence-electron chi connectivity index (χ2n) is 5.00. The third-order valence-electron chi connectivity index (χ3n) is 3.51. The molecule has 6 nitrogen and oxygen atoms in total. The maximum absolute atomic E-state index is 11.9. The number of nitrogens with zero attached hydrogens (tertiary/aromatic N) is 2. The van der Waals surface area contributed by atoms with Gasteiger partial charge in [-0.25, -0.2) is 5.43 Å². The SMILES string of the molecule is C[C@H]1CCCCC1=NNC(=O)c1cccc([N+](=O)[O-])c1. The van der Waals surface area contributed by atoms with Crippen molar-refractivity contribution in [1.82, 2.24) is 5.43 Å². The maximum atomic E-state index is 11.9. The number of nitro benzene ring substituents is 1. The van der Waals surface area contributed by atoms with Gasteiger partial charge in [0.2, 0.25) is 0 Å². The molecule has 1 fully saturated rings. The Morgan fingerprint density at radius 3 is 2.95 bits per heavy atom. The molecule has 20 heavy (non-hydrogen) atoms. The molecule has 0 saturated heterocycles. The van der Waals surface area contributed by atoms with Gasteiger partial charge < -0.3 is 0 Å². The van der Waals surface area contributed by atoms with Crippen molar-refractivity contribution in [2.24, 2.45) is 11.0 Å². The van der Waals surface area contributed by atoms with Gasteiger partial charge in [-0.1, -0.05) is 19.4 Å². The smallest absolute Gasteiger partial charge is 0.267 e. The summed E-state index contributed by atoms with van der Waals surface area (Å²) in [5.74, 6) is -0.0341. The first-order valence-electron chi connectivity index (χ1n) is 6.69. The van der Waals surface area contributed by atoms with E-state index in [1.165, 1.54) is 30.7 Å². The molecule has 1 atom stereocenters. The molecule has 0 radical (unpaired) electrons. The van der Waals surface area contributed by atoms with Crippen LogP contribution in [0.25, 0.3) is 0 Å². The molecule has 0 bridgehead atoms. The fraction of sp³-hybridized carbons (Fsp3) is 0.429. The van der Waals surface area contributed by atoms with Crippen molar-refractivity contribution in [3.63, 3.8) is 0 Å². The standard InChI is InChI=1S/C14H17N3O3/c1-10-5-2-3-8-13(10)15-16-14(18)11-6-4-7-12(9-11)17(19)20/h4,6-7,9-10H,2-3,5,8H2,1H3,(H,16,18)/t10-/m0/s1. The van der Waals surface area contributed by atoms with Crippen LogP contribution in [0.3, 0.4) is 0 Å². The highest BCUT2D eigenvalue weighted by Crippen LogP contribution is 2.20. The Balaban J connectivity index is 2.06. The zero-order valence-corrected chi connectivity index (χ0v) is 11.3. The molecule has 1 N–H and O–H groups in total. The number of carbonyl (C=O) groups is 1. The van der Waals surface area contributed by atoms with E-state index in [9.17, 15) is 14.9 Å². The Bertz CT molecular complexity index is 554. The van der Waals surface area contributed by atoms with Gasteiger partial charge in [0.05, 0.1) is 4.92 Å². The van der Waals surface area contributed by atoms with Crippen LogP contribution >= 0.6 is 0 Å². The van der Waals surface area contributed by atoms with Gasteiger partial charge in [-0.3, -0.25) is 14.9 Å². The summed E-state index contributed by atoms with van der Waals surface area (Å²) in [5, 5.41) is 14.8. The quantitative estimate of drug-likeness (QED) is 0.680. The van der Waals surface area contributed by atoms with Crippen molar-refractivity contribution < 1.29 is 9.72 Å². The van der Waals surface area contributed by atoms with Crippen LogP contribution < -0.4 is 5.43 Å². The first-order valence-corrected chi connectivity index (χ1v) is 6.69. The Morgan fingerprint density at radius 1 is 1.45 bits per heavy atom.